The number of benzene rings is 1. The van der Waals surface area contributed by atoms with Crippen LogP contribution in [0.15, 0.2) is 53.0 Å². The van der Waals surface area contributed by atoms with Crippen LogP contribution >= 0.6 is 23.1 Å². The predicted octanol–water partition coefficient (Wildman–Crippen LogP) is 3.59. The number of carbonyl (C=O) groups is 1. The highest BCUT2D eigenvalue weighted by molar-refractivity contribution is 8.19. The molecule has 8 heteroatoms. The Kier molecular flexibility index (Phi) is 3.75. The molecule has 1 fully saturated rings. The molecule has 0 radical (unpaired) electrons. The quantitative estimate of drug-likeness (QED) is 0.705. The van der Waals surface area contributed by atoms with Crippen molar-refractivity contribution < 1.29 is 4.79 Å². The molecule has 3 heterocycles. The fourth-order valence-corrected chi connectivity index (χ4v) is 3.91. The van der Waals surface area contributed by atoms with Gasteiger partial charge in [-0.3, -0.25) is 15.3 Å². The first-order chi connectivity index (χ1) is 11.7. The number of thiazole rings is 1. The van der Waals surface area contributed by atoms with Gasteiger partial charge in [0.2, 0.25) is 0 Å². The van der Waals surface area contributed by atoms with Gasteiger partial charge in [0.1, 0.15) is 0 Å². The Morgan fingerprint density at radius 2 is 2.08 bits per heavy atom. The number of nitrogens with zero attached hydrogens (tertiary/aromatic N) is 3. The molecule has 1 saturated heterocycles. The fourth-order valence-electron chi connectivity index (χ4n) is 2.37. The molecule has 1 amide bonds. The second-order valence-corrected chi connectivity index (χ2v) is 6.84. The average Bonchev–Trinajstić information content (AvgIpc) is 3.31. The molecule has 24 heavy (non-hydrogen) atoms. The second-order valence-electron chi connectivity index (χ2n) is 4.94. The lowest BCUT2D eigenvalue weighted by molar-refractivity contribution is -0.113. The van der Waals surface area contributed by atoms with Crippen LogP contribution in [-0.4, -0.2) is 26.3 Å². The third-order valence-corrected chi connectivity index (χ3v) is 5.10. The minimum Gasteiger partial charge on any atom is -0.278 e. The van der Waals surface area contributed by atoms with E-state index in [0.717, 1.165) is 28.6 Å². The number of amidine groups is 1. The molecule has 4 rings (SSSR count). The molecule has 2 aromatic heterocycles. The van der Waals surface area contributed by atoms with Gasteiger partial charge in [0, 0.05) is 22.7 Å². The first kappa shape index (κ1) is 14.9. The molecule has 3 aromatic rings. The number of hydrogen-bond donors (Lipinski definition) is 2. The van der Waals surface area contributed by atoms with E-state index in [2.05, 4.69) is 15.2 Å². The maximum atomic E-state index is 12.6. The van der Waals surface area contributed by atoms with Crippen LogP contribution in [0.5, 0.6) is 0 Å². The normalized spacial score (nSPS) is 16.3. The third-order valence-electron chi connectivity index (χ3n) is 3.45. The standard InChI is InChI=1S/C16H11N5OS2/c17-15-21(16-18-6-7-23-16)14(22)12(24-15)8-11-9-19-20-13(11)10-4-2-1-3-5-10/h1-9,17H,(H,19,20). The number of aromatic amines is 1. The van der Waals surface area contributed by atoms with E-state index in [1.54, 1.807) is 23.8 Å². The Morgan fingerprint density at radius 1 is 1.25 bits per heavy atom. The van der Waals surface area contributed by atoms with Crippen molar-refractivity contribution in [3.05, 3.63) is 58.6 Å². The van der Waals surface area contributed by atoms with Crippen molar-refractivity contribution in [2.24, 2.45) is 0 Å². The molecule has 0 atom stereocenters. The van der Waals surface area contributed by atoms with E-state index in [4.69, 9.17) is 5.41 Å². The summed E-state index contributed by atoms with van der Waals surface area (Å²) in [7, 11) is 0. The molecule has 0 spiro atoms. The van der Waals surface area contributed by atoms with Crippen LogP contribution in [0.2, 0.25) is 0 Å². The summed E-state index contributed by atoms with van der Waals surface area (Å²) in [6.45, 7) is 0. The molecule has 1 aromatic carbocycles. The summed E-state index contributed by atoms with van der Waals surface area (Å²) in [5.74, 6) is -0.236. The van der Waals surface area contributed by atoms with Gasteiger partial charge in [-0.05, 0) is 17.8 Å². The van der Waals surface area contributed by atoms with Crippen molar-refractivity contribution in [1.82, 2.24) is 15.2 Å². The first-order valence-corrected chi connectivity index (χ1v) is 8.74. The fraction of sp³-hybridized carbons (Fsp3) is 0. The molecule has 1 aliphatic heterocycles. The molecule has 2 N–H and O–H groups in total. The molecule has 0 bridgehead atoms. The minimum atomic E-state index is -0.236. The summed E-state index contributed by atoms with van der Waals surface area (Å²) < 4.78 is 0. The molecule has 0 aliphatic carbocycles. The molecule has 118 valence electrons. The highest BCUT2D eigenvalue weighted by Crippen LogP contribution is 2.36. The van der Waals surface area contributed by atoms with Crippen LogP contribution in [0.25, 0.3) is 17.3 Å². The van der Waals surface area contributed by atoms with Crippen molar-refractivity contribution in [1.29, 1.82) is 5.41 Å². The van der Waals surface area contributed by atoms with Gasteiger partial charge in [0.15, 0.2) is 10.3 Å². The zero-order valence-corrected chi connectivity index (χ0v) is 13.9. The van der Waals surface area contributed by atoms with Crippen LogP contribution < -0.4 is 4.90 Å². The van der Waals surface area contributed by atoms with Crippen molar-refractivity contribution in [2.75, 3.05) is 4.90 Å². The zero-order valence-electron chi connectivity index (χ0n) is 12.3. The smallest absolute Gasteiger partial charge is 0.273 e. The van der Waals surface area contributed by atoms with Gasteiger partial charge in [-0.1, -0.05) is 30.3 Å². The monoisotopic (exact) mass is 353 g/mol. The van der Waals surface area contributed by atoms with Gasteiger partial charge >= 0.3 is 0 Å². The number of nitrogens with one attached hydrogen (secondary N) is 2. The summed E-state index contributed by atoms with van der Waals surface area (Å²) >= 11 is 2.46. The van der Waals surface area contributed by atoms with Crippen molar-refractivity contribution in [3.8, 4) is 11.3 Å². The Balaban J connectivity index is 1.70. The SMILES string of the molecule is N=C1SC(=Cc2cn[nH]c2-c2ccccc2)C(=O)N1c1nccs1. The van der Waals surface area contributed by atoms with Gasteiger partial charge in [-0.15, -0.1) is 11.3 Å². The number of rotatable bonds is 3. The largest absolute Gasteiger partial charge is 0.278 e. The van der Waals surface area contributed by atoms with Gasteiger partial charge in [-0.2, -0.15) is 5.10 Å². The van der Waals surface area contributed by atoms with Gasteiger partial charge in [-0.25, -0.2) is 9.88 Å². The van der Waals surface area contributed by atoms with E-state index in [1.165, 1.54) is 16.2 Å². The number of aromatic nitrogens is 3. The van der Waals surface area contributed by atoms with E-state index in [1.807, 2.05) is 30.3 Å². The molecular formula is C16H11N5OS2. The first-order valence-electron chi connectivity index (χ1n) is 7.05. The number of hydrogen-bond acceptors (Lipinski definition) is 6. The topological polar surface area (TPSA) is 85.7 Å². The van der Waals surface area contributed by atoms with Crippen molar-refractivity contribution in [3.63, 3.8) is 0 Å². The molecule has 0 saturated carbocycles. The minimum absolute atomic E-state index is 0.158. The molecule has 6 nitrogen and oxygen atoms in total. The number of H-pyrrole nitrogens is 1. The number of anilines is 1. The van der Waals surface area contributed by atoms with Crippen molar-refractivity contribution >= 4 is 45.4 Å². The Morgan fingerprint density at radius 3 is 2.83 bits per heavy atom. The molecule has 1 aliphatic rings. The molecule has 0 unspecified atom stereocenters. The average molecular weight is 353 g/mol. The van der Waals surface area contributed by atoms with Crippen LogP contribution in [0, 0.1) is 5.41 Å². The highest BCUT2D eigenvalue weighted by atomic mass is 32.2. The van der Waals surface area contributed by atoms with E-state index in [-0.39, 0.29) is 11.1 Å². The van der Waals surface area contributed by atoms with Gasteiger partial charge < -0.3 is 0 Å². The van der Waals surface area contributed by atoms with E-state index in [9.17, 15) is 4.79 Å². The number of carbonyl (C=O) groups excluding carboxylic acids is 1. The Hall–Kier alpha value is -2.71. The number of amides is 1. The number of thioether (sulfide) groups is 1. The summed E-state index contributed by atoms with van der Waals surface area (Å²) in [6.07, 6.45) is 5.07. The molecular weight excluding hydrogens is 342 g/mol. The van der Waals surface area contributed by atoms with Crippen LogP contribution in [0.3, 0.4) is 0 Å². The second kappa shape index (κ2) is 6.06. The lowest BCUT2D eigenvalue weighted by Crippen LogP contribution is -2.27. The summed E-state index contributed by atoms with van der Waals surface area (Å²) in [5, 5.41) is 17.6. The zero-order chi connectivity index (χ0) is 16.5. The van der Waals surface area contributed by atoms with E-state index < -0.39 is 0 Å². The summed E-state index contributed by atoms with van der Waals surface area (Å²) in [6, 6.07) is 9.79. The third kappa shape index (κ3) is 2.55. The predicted molar refractivity (Wildman–Crippen MR) is 96.9 cm³/mol. The lowest BCUT2D eigenvalue weighted by atomic mass is 10.1. The Bertz CT molecular complexity index is 931. The van der Waals surface area contributed by atoms with Crippen LogP contribution in [0.1, 0.15) is 5.56 Å². The van der Waals surface area contributed by atoms with Crippen LogP contribution in [-0.2, 0) is 4.79 Å². The summed E-state index contributed by atoms with van der Waals surface area (Å²) in [5.41, 5.74) is 2.64. The van der Waals surface area contributed by atoms with Crippen LogP contribution in [0.4, 0.5) is 5.13 Å². The Labute approximate surface area is 145 Å². The van der Waals surface area contributed by atoms with E-state index >= 15 is 0 Å². The van der Waals surface area contributed by atoms with Gasteiger partial charge in [0.25, 0.3) is 5.91 Å². The van der Waals surface area contributed by atoms with E-state index in [0.29, 0.717) is 10.0 Å². The highest BCUT2D eigenvalue weighted by Gasteiger charge is 2.35. The summed E-state index contributed by atoms with van der Waals surface area (Å²) in [4.78, 5) is 18.5. The maximum Gasteiger partial charge on any atom is 0.273 e. The van der Waals surface area contributed by atoms with Gasteiger partial charge in [0.05, 0.1) is 16.8 Å². The van der Waals surface area contributed by atoms with Crippen molar-refractivity contribution in [2.45, 2.75) is 0 Å². The maximum absolute atomic E-state index is 12.6. The lowest BCUT2D eigenvalue weighted by Gasteiger charge is -2.08.